The Bertz CT molecular complexity index is 203. The molecule has 0 aromatic rings. The van der Waals surface area contributed by atoms with Crippen molar-refractivity contribution in [2.45, 2.75) is 78.3 Å². The van der Waals surface area contributed by atoms with Gasteiger partial charge in [-0.3, -0.25) is 0 Å². The Morgan fingerprint density at radius 3 is 2.67 bits per heavy atom. The summed E-state index contributed by atoms with van der Waals surface area (Å²) >= 11 is 0. The van der Waals surface area contributed by atoms with Crippen LogP contribution in [0, 0.1) is 5.92 Å². The predicted molar refractivity (Wildman–Crippen MR) is 81.0 cm³/mol. The molecule has 1 saturated heterocycles. The monoisotopic (exact) mass is 254 g/mol. The van der Waals surface area contributed by atoms with Crippen molar-refractivity contribution in [3.63, 3.8) is 0 Å². The number of piperidine rings is 1. The van der Waals surface area contributed by atoms with Crippen LogP contribution in [0.25, 0.3) is 0 Å². The van der Waals surface area contributed by atoms with E-state index in [1.165, 1.54) is 58.2 Å². The number of likely N-dealkylation sites (tertiary alicyclic amines) is 1. The second kappa shape index (κ2) is 8.92. The van der Waals surface area contributed by atoms with E-state index < -0.39 is 0 Å². The topological polar surface area (TPSA) is 15.3 Å². The average Bonchev–Trinajstić information content (AvgIpc) is 2.37. The van der Waals surface area contributed by atoms with Crippen molar-refractivity contribution in [1.29, 1.82) is 0 Å². The van der Waals surface area contributed by atoms with Crippen LogP contribution in [-0.4, -0.2) is 36.6 Å². The molecular weight excluding hydrogens is 220 g/mol. The summed E-state index contributed by atoms with van der Waals surface area (Å²) in [7, 11) is 0. The van der Waals surface area contributed by atoms with Gasteiger partial charge in [0.1, 0.15) is 0 Å². The van der Waals surface area contributed by atoms with Gasteiger partial charge in [0.05, 0.1) is 0 Å². The number of nitrogens with one attached hydrogen (secondary N) is 1. The van der Waals surface area contributed by atoms with Crippen molar-refractivity contribution < 1.29 is 0 Å². The summed E-state index contributed by atoms with van der Waals surface area (Å²) in [6, 6.07) is 1.36. The second-order valence-electron chi connectivity index (χ2n) is 6.20. The molecule has 0 saturated carbocycles. The van der Waals surface area contributed by atoms with Gasteiger partial charge in [-0.2, -0.15) is 0 Å². The van der Waals surface area contributed by atoms with E-state index in [4.69, 9.17) is 0 Å². The molecule has 0 aromatic heterocycles. The standard InChI is InChI=1S/C16H34N2/c1-5-7-9-14(3)17-15(4)16-10-8-12-18(13-16)11-6-2/h14-17H,5-13H2,1-4H3. The van der Waals surface area contributed by atoms with Gasteiger partial charge in [-0.05, 0) is 58.5 Å². The maximum absolute atomic E-state index is 3.82. The summed E-state index contributed by atoms with van der Waals surface area (Å²) in [5.41, 5.74) is 0. The molecule has 0 radical (unpaired) electrons. The van der Waals surface area contributed by atoms with E-state index in [9.17, 15) is 0 Å². The van der Waals surface area contributed by atoms with Crippen molar-refractivity contribution >= 4 is 0 Å². The molecule has 18 heavy (non-hydrogen) atoms. The van der Waals surface area contributed by atoms with Crippen LogP contribution < -0.4 is 5.32 Å². The first-order valence-electron chi connectivity index (χ1n) is 8.15. The number of unbranched alkanes of at least 4 members (excludes halogenated alkanes) is 1. The largest absolute Gasteiger partial charge is 0.311 e. The van der Waals surface area contributed by atoms with Crippen LogP contribution >= 0.6 is 0 Å². The molecule has 1 heterocycles. The molecule has 1 rings (SSSR count). The number of hydrogen-bond acceptors (Lipinski definition) is 2. The van der Waals surface area contributed by atoms with Crippen LogP contribution in [0.2, 0.25) is 0 Å². The minimum absolute atomic E-state index is 0.677. The fraction of sp³-hybridized carbons (Fsp3) is 1.00. The third-order valence-corrected chi connectivity index (χ3v) is 4.33. The van der Waals surface area contributed by atoms with Gasteiger partial charge in [-0.15, -0.1) is 0 Å². The summed E-state index contributed by atoms with van der Waals surface area (Å²) in [5, 5.41) is 3.82. The summed E-state index contributed by atoms with van der Waals surface area (Å²) < 4.78 is 0. The normalized spacial score (nSPS) is 25.0. The van der Waals surface area contributed by atoms with Crippen LogP contribution in [0.1, 0.15) is 66.2 Å². The van der Waals surface area contributed by atoms with Gasteiger partial charge in [-0.1, -0.05) is 26.7 Å². The van der Waals surface area contributed by atoms with Gasteiger partial charge in [0.2, 0.25) is 0 Å². The van der Waals surface area contributed by atoms with Crippen LogP contribution in [0.15, 0.2) is 0 Å². The van der Waals surface area contributed by atoms with Gasteiger partial charge in [0, 0.05) is 18.6 Å². The Kier molecular flexibility index (Phi) is 7.92. The van der Waals surface area contributed by atoms with E-state index in [2.05, 4.69) is 37.9 Å². The van der Waals surface area contributed by atoms with Gasteiger partial charge in [0.15, 0.2) is 0 Å². The highest BCUT2D eigenvalue weighted by molar-refractivity contribution is 4.81. The minimum Gasteiger partial charge on any atom is -0.311 e. The lowest BCUT2D eigenvalue weighted by Gasteiger charge is -2.37. The Hall–Kier alpha value is -0.0800. The molecule has 0 spiro atoms. The molecular formula is C16H34N2. The summed E-state index contributed by atoms with van der Waals surface area (Å²) in [6.07, 6.45) is 8.09. The molecule has 1 aliphatic heterocycles. The Labute approximate surface area is 115 Å². The zero-order valence-electron chi connectivity index (χ0n) is 13.0. The minimum atomic E-state index is 0.677. The van der Waals surface area contributed by atoms with E-state index in [-0.39, 0.29) is 0 Å². The smallest absolute Gasteiger partial charge is 0.00816 e. The SMILES string of the molecule is CCCCC(C)NC(C)C1CCCN(CCC)C1. The van der Waals surface area contributed by atoms with Crippen molar-refractivity contribution in [3.05, 3.63) is 0 Å². The molecule has 1 N–H and O–H groups in total. The highest BCUT2D eigenvalue weighted by Crippen LogP contribution is 2.20. The van der Waals surface area contributed by atoms with Crippen molar-refractivity contribution in [2.24, 2.45) is 5.92 Å². The molecule has 0 aromatic carbocycles. The van der Waals surface area contributed by atoms with Gasteiger partial charge >= 0.3 is 0 Å². The summed E-state index contributed by atoms with van der Waals surface area (Å²) in [6.45, 7) is 13.2. The third-order valence-electron chi connectivity index (χ3n) is 4.33. The second-order valence-corrected chi connectivity index (χ2v) is 6.20. The highest BCUT2D eigenvalue weighted by Gasteiger charge is 2.24. The molecule has 3 unspecified atom stereocenters. The van der Waals surface area contributed by atoms with Crippen LogP contribution in [0.3, 0.4) is 0 Å². The molecule has 0 amide bonds. The van der Waals surface area contributed by atoms with E-state index in [0.29, 0.717) is 12.1 Å². The molecule has 0 aliphatic carbocycles. The highest BCUT2D eigenvalue weighted by atomic mass is 15.1. The molecule has 1 aliphatic rings. The predicted octanol–water partition coefficient (Wildman–Crippen LogP) is 3.67. The van der Waals surface area contributed by atoms with E-state index in [1.54, 1.807) is 0 Å². The summed E-state index contributed by atoms with van der Waals surface area (Å²) in [5.74, 6) is 0.856. The number of hydrogen-bond donors (Lipinski definition) is 1. The first kappa shape index (κ1) is 16.0. The number of rotatable bonds is 8. The third kappa shape index (κ3) is 5.71. The molecule has 2 nitrogen and oxygen atoms in total. The van der Waals surface area contributed by atoms with E-state index in [0.717, 1.165) is 5.92 Å². The summed E-state index contributed by atoms with van der Waals surface area (Å²) in [4.78, 5) is 2.66. The van der Waals surface area contributed by atoms with Crippen LogP contribution in [0.4, 0.5) is 0 Å². The van der Waals surface area contributed by atoms with Gasteiger partial charge in [-0.25, -0.2) is 0 Å². The average molecular weight is 254 g/mol. The van der Waals surface area contributed by atoms with Gasteiger partial charge < -0.3 is 10.2 Å². The Morgan fingerprint density at radius 2 is 2.00 bits per heavy atom. The van der Waals surface area contributed by atoms with Crippen LogP contribution in [0.5, 0.6) is 0 Å². The fourth-order valence-corrected chi connectivity index (χ4v) is 3.20. The lowest BCUT2D eigenvalue weighted by atomic mass is 9.91. The maximum Gasteiger partial charge on any atom is 0.00816 e. The maximum atomic E-state index is 3.82. The zero-order chi connectivity index (χ0) is 13.4. The molecule has 2 heteroatoms. The van der Waals surface area contributed by atoms with Crippen molar-refractivity contribution in [1.82, 2.24) is 10.2 Å². The van der Waals surface area contributed by atoms with Crippen molar-refractivity contribution in [3.8, 4) is 0 Å². The molecule has 1 fully saturated rings. The lowest BCUT2D eigenvalue weighted by molar-refractivity contribution is 0.147. The van der Waals surface area contributed by atoms with E-state index >= 15 is 0 Å². The zero-order valence-corrected chi connectivity index (χ0v) is 13.0. The fourth-order valence-electron chi connectivity index (χ4n) is 3.20. The molecule has 108 valence electrons. The van der Waals surface area contributed by atoms with E-state index in [1.807, 2.05) is 0 Å². The van der Waals surface area contributed by atoms with Gasteiger partial charge in [0.25, 0.3) is 0 Å². The Morgan fingerprint density at radius 1 is 1.22 bits per heavy atom. The first-order valence-corrected chi connectivity index (χ1v) is 8.15. The Balaban J connectivity index is 2.29. The lowest BCUT2D eigenvalue weighted by Crippen LogP contribution is -2.47. The van der Waals surface area contributed by atoms with Crippen LogP contribution in [-0.2, 0) is 0 Å². The number of nitrogens with zero attached hydrogens (tertiary/aromatic N) is 1. The van der Waals surface area contributed by atoms with Crippen molar-refractivity contribution in [2.75, 3.05) is 19.6 Å². The quantitative estimate of drug-likeness (QED) is 0.711. The molecule has 0 bridgehead atoms. The first-order chi connectivity index (χ1) is 8.67. The molecule has 3 atom stereocenters.